The van der Waals surface area contributed by atoms with Gasteiger partial charge in [0.25, 0.3) is 0 Å². The minimum Gasteiger partial charge on any atom is -0.455 e. The topological polar surface area (TPSA) is 23.0 Å². The molecule has 0 radical (unpaired) electrons. The molecule has 2 aliphatic carbocycles. The Morgan fingerprint density at radius 2 is 1.30 bits per heavy atom. The fourth-order valence-corrected chi connectivity index (χ4v) is 9.51. The molecule has 3 heteroatoms. The van der Waals surface area contributed by atoms with E-state index in [4.69, 9.17) is 4.42 Å². The van der Waals surface area contributed by atoms with Gasteiger partial charge in [0.1, 0.15) is 11.2 Å². The summed E-state index contributed by atoms with van der Waals surface area (Å²) in [5, 5.41) is 7.52. The van der Waals surface area contributed by atoms with Crippen LogP contribution < -0.4 is 0 Å². The summed E-state index contributed by atoms with van der Waals surface area (Å²) in [5.74, 6) is 0.272. The van der Waals surface area contributed by atoms with Crippen molar-refractivity contribution >= 4 is 54.5 Å². The van der Waals surface area contributed by atoms with Crippen LogP contribution in [0.1, 0.15) is 24.1 Å². The van der Waals surface area contributed by atoms with E-state index in [1.54, 1.807) is 0 Å². The molecule has 0 amide bonds. The molecule has 0 spiro atoms. The third kappa shape index (κ3) is 3.25. The number of hydrogen-bond acceptors (Lipinski definition) is 1. The molecule has 234 valence electrons. The van der Waals surface area contributed by atoms with Crippen molar-refractivity contribution in [2.75, 3.05) is 0 Å². The van der Waals surface area contributed by atoms with E-state index in [1.807, 2.05) is 0 Å². The highest BCUT2D eigenvalue weighted by Gasteiger charge is 2.36. The van der Waals surface area contributed by atoms with E-state index >= 15 is 0 Å². The van der Waals surface area contributed by atoms with Crippen LogP contribution in [0.2, 0.25) is 0 Å². The Kier molecular flexibility index (Phi) is 5.02. The molecular formula is C47H30N2O. The van der Waals surface area contributed by atoms with Gasteiger partial charge in [-0.25, -0.2) is 0 Å². The Morgan fingerprint density at radius 1 is 0.540 bits per heavy atom. The SMILES string of the molecule is CC1Cc2c(n(-c3ccccc3)c3ccc4c5ccccc5oc4c23)-c2c1n(-c1ccc3c(c1)-c1cccc4cccc-3c14)c1ccccc21. The lowest BCUT2D eigenvalue weighted by atomic mass is 9.84. The van der Waals surface area contributed by atoms with Gasteiger partial charge in [-0.05, 0) is 93.5 Å². The first-order valence-electron chi connectivity index (χ1n) is 17.6. The molecule has 7 aromatic carbocycles. The summed E-state index contributed by atoms with van der Waals surface area (Å²) < 4.78 is 11.8. The summed E-state index contributed by atoms with van der Waals surface area (Å²) in [7, 11) is 0. The minimum atomic E-state index is 0.272. The highest BCUT2D eigenvalue weighted by Crippen LogP contribution is 2.53. The highest BCUT2D eigenvalue weighted by atomic mass is 16.3. The van der Waals surface area contributed by atoms with Crippen molar-refractivity contribution in [3.63, 3.8) is 0 Å². The van der Waals surface area contributed by atoms with E-state index in [0.717, 1.165) is 23.3 Å². The predicted molar refractivity (Wildman–Crippen MR) is 207 cm³/mol. The quantitative estimate of drug-likeness (QED) is 0.185. The Hall–Kier alpha value is -6.32. The zero-order valence-corrected chi connectivity index (χ0v) is 27.4. The van der Waals surface area contributed by atoms with Gasteiger partial charge in [-0.2, -0.15) is 0 Å². The number of nitrogens with zero attached hydrogens (tertiary/aromatic N) is 2. The molecule has 1 unspecified atom stereocenters. The van der Waals surface area contributed by atoms with E-state index < -0.39 is 0 Å². The average molecular weight is 639 g/mol. The maximum absolute atomic E-state index is 6.74. The van der Waals surface area contributed by atoms with Crippen LogP contribution in [0.5, 0.6) is 0 Å². The van der Waals surface area contributed by atoms with E-state index in [-0.39, 0.29) is 5.92 Å². The summed E-state index contributed by atoms with van der Waals surface area (Å²) in [6.07, 6.45) is 0.917. The number of benzene rings is 7. The summed E-state index contributed by atoms with van der Waals surface area (Å²) in [6, 6.07) is 53.4. The lowest BCUT2D eigenvalue weighted by molar-refractivity contribution is 0.671. The third-order valence-corrected chi connectivity index (χ3v) is 11.5. The molecule has 2 aliphatic rings. The molecule has 50 heavy (non-hydrogen) atoms. The molecule has 0 saturated heterocycles. The molecule has 10 aromatic rings. The van der Waals surface area contributed by atoms with Gasteiger partial charge in [0, 0.05) is 50.1 Å². The Morgan fingerprint density at radius 3 is 2.16 bits per heavy atom. The monoisotopic (exact) mass is 638 g/mol. The first-order valence-corrected chi connectivity index (χ1v) is 17.6. The van der Waals surface area contributed by atoms with Crippen LogP contribution in [0.25, 0.3) is 99.4 Å². The lowest BCUT2D eigenvalue weighted by Crippen LogP contribution is -2.13. The molecule has 0 N–H and O–H groups in total. The molecule has 0 fully saturated rings. The molecule has 0 saturated carbocycles. The van der Waals surface area contributed by atoms with Crippen molar-refractivity contribution in [1.29, 1.82) is 0 Å². The standard InChI is InChI=1S/C47H30N2O/c1-27-25-38-43-40(24-23-35-32-15-6-8-20-41(32)50-47(35)43)48(29-13-3-2-4-14-29)46(38)44-36-16-5-7-19-39(36)49(45(27)44)30-21-22-31-33-17-9-11-28-12-10-18-34(42(28)33)37(31)26-30/h2-24,26-27H,25H2,1H3. The van der Waals surface area contributed by atoms with E-state index in [0.29, 0.717) is 0 Å². The summed E-state index contributed by atoms with van der Waals surface area (Å²) in [5.41, 5.74) is 17.4. The first-order chi connectivity index (χ1) is 24.7. The maximum atomic E-state index is 6.74. The zero-order valence-electron chi connectivity index (χ0n) is 27.4. The number of fused-ring (bicyclic) bond motifs is 14. The van der Waals surface area contributed by atoms with Crippen molar-refractivity contribution in [2.24, 2.45) is 0 Å². The smallest absolute Gasteiger partial charge is 0.145 e. The van der Waals surface area contributed by atoms with Gasteiger partial charge in [-0.1, -0.05) is 104 Å². The van der Waals surface area contributed by atoms with E-state index in [1.165, 1.54) is 93.8 Å². The maximum Gasteiger partial charge on any atom is 0.145 e. The van der Waals surface area contributed by atoms with Crippen LogP contribution in [0, 0.1) is 0 Å². The number of rotatable bonds is 2. The molecule has 0 aliphatic heterocycles. The van der Waals surface area contributed by atoms with Crippen LogP contribution in [0.3, 0.4) is 0 Å². The highest BCUT2D eigenvalue weighted by molar-refractivity contribution is 6.19. The van der Waals surface area contributed by atoms with Gasteiger partial charge < -0.3 is 13.6 Å². The molecule has 0 bridgehead atoms. The molecule has 3 heterocycles. The summed E-state index contributed by atoms with van der Waals surface area (Å²) in [6.45, 7) is 2.41. The number of para-hydroxylation sites is 3. The third-order valence-electron chi connectivity index (χ3n) is 11.5. The van der Waals surface area contributed by atoms with Crippen molar-refractivity contribution in [1.82, 2.24) is 9.13 Å². The van der Waals surface area contributed by atoms with Crippen LogP contribution in [-0.2, 0) is 6.42 Å². The van der Waals surface area contributed by atoms with Gasteiger partial charge in [0.15, 0.2) is 0 Å². The van der Waals surface area contributed by atoms with Gasteiger partial charge in [-0.3, -0.25) is 0 Å². The second-order valence-electron chi connectivity index (χ2n) is 14.1. The second-order valence-corrected chi connectivity index (χ2v) is 14.1. The van der Waals surface area contributed by atoms with E-state index in [2.05, 4.69) is 162 Å². The summed E-state index contributed by atoms with van der Waals surface area (Å²) in [4.78, 5) is 0. The van der Waals surface area contributed by atoms with Crippen molar-refractivity contribution in [3.05, 3.63) is 157 Å². The van der Waals surface area contributed by atoms with Crippen LogP contribution in [-0.4, -0.2) is 9.13 Å². The van der Waals surface area contributed by atoms with Gasteiger partial charge >= 0.3 is 0 Å². The van der Waals surface area contributed by atoms with Gasteiger partial charge in [0.2, 0.25) is 0 Å². The number of furan rings is 1. The normalized spacial score (nSPS) is 14.6. The van der Waals surface area contributed by atoms with Crippen molar-refractivity contribution in [3.8, 4) is 44.9 Å². The zero-order chi connectivity index (χ0) is 32.7. The molecule has 1 atom stereocenters. The predicted octanol–water partition coefficient (Wildman–Crippen LogP) is 12.6. The molecule has 3 nitrogen and oxygen atoms in total. The molecular weight excluding hydrogens is 609 g/mol. The average Bonchev–Trinajstić information content (AvgIpc) is 3.90. The Labute approximate surface area is 288 Å². The minimum absolute atomic E-state index is 0.272. The van der Waals surface area contributed by atoms with Gasteiger partial charge in [0.05, 0.1) is 16.7 Å². The Balaban J connectivity index is 1.20. The largest absolute Gasteiger partial charge is 0.455 e. The van der Waals surface area contributed by atoms with Crippen LogP contribution >= 0.6 is 0 Å². The van der Waals surface area contributed by atoms with Gasteiger partial charge in [-0.15, -0.1) is 0 Å². The van der Waals surface area contributed by atoms with Crippen molar-refractivity contribution in [2.45, 2.75) is 19.3 Å². The molecule has 3 aromatic heterocycles. The second kappa shape index (κ2) is 9.43. The Bertz CT molecular complexity index is 3070. The van der Waals surface area contributed by atoms with E-state index in [9.17, 15) is 0 Å². The number of hydrogen-bond donors (Lipinski definition) is 0. The fraction of sp³-hybridized carbons (Fsp3) is 0.0638. The summed E-state index contributed by atoms with van der Waals surface area (Å²) >= 11 is 0. The van der Waals surface area contributed by atoms with Crippen molar-refractivity contribution < 1.29 is 4.42 Å². The van der Waals surface area contributed by atoms with Crippen LogP contribution in [0.15, 0.2) is 150 Å². The van der Waals surface area contributed by atoms with Crippen LogP contribution in [0.4, 0.5) is 0 Å². The molecule has 12 rings (SSSR count). The number of aromatic nitrogens is 2. The first kappa shape index (κ1) is 26.6. The lowest BCUT2D eigenvalue weighted by Gasteiger charge is -2.25. The fourth-order valence-electron chi connectivity index (χ4n) is 9.51.